The molecule has 0 spiro atoms. The maximum atomic E-state index is 14.5. The van der Waals surface area contributed by atoms with Gasteiger partial charge in [0, 0.05) is 76.3 Å². The highest BCUT2D eigenvalue weighted by Crippen LogP contribution is 2.37. The molecular weight excluding hydrogens is 690 g/mol. The van der Waals surface area contributed by atoms with Crippen molar-refractivity contribution in [3.05, 3.63) is 105 Å². The molecule has 246 valence electrons. The van der Waals surface area contributed by atoms with Gasteiger partial charge in [-0.05, 0) is 86.3 Å². The van der Waals surface area contributed by atoms with Crippen molar-refractivity contribution in [3.63, 3.8) is 0 Å². The minimum Gasteiger partial charge on any atom is -0.371 e. The number of fused-ring (bicyclic) bond motifs is 2. The minimum absolute atomic E-state index is 0.0969. The Kier molecular flexibility index (Phi) is 9.26. The van der Waals surface area contributed by atoms with E-state index in [9.17, 15) is 9.59 Å². The van der Waals surface area contributed by atoms with Gasteiger partial charge in [0.25, 0.3) is 5.91 Å². The smallest absolute Gasteiger partial charge is 0.255 e. The molecule has 3 aromatic carbocycles. The zero-order valence-corrected chi connectivity index (χ0v) is 28.9. The Balaban J connectivity index is 1.19. The molecule has 2 aliphatic heterocycles. The number of primary amides is 1. The first-order valence-corrected chi connectivity index (χ1v) is 17.4. The summed E-state index contributed by atoms with van der Waals surface area (Å²) < 4.78 is 0. The summed E-state index contributed by atoms with van der Waals surface area (Å²) in [6.45, 7) is 1.96. The number of carbonyl (C=O) groups excluding carboxylic acids is 2. The summed E-state index contributed by atoms with van der Waals surface area (Å²) >= 11 is 25.5. The number of nitrogens with zero attached hydrogens (tertiary/aromatic N) is 5. The van der Waals surface area contributed by atoms with Crippen LogP contribution in [-0.4, -0.2) is 64.4 Å². The average Bonchev–Trinajstić information content (AvgIpc) is 3.09. The van der Waals surface area contributed by atoms with Crippen LogP contribution in [0, 0.1) is 0 Å². The standard InChI is InChI=1S/C36H32Cl4N6O2/c37-21-4-6-25-29(18-21)42-13-8-31(25)44-15-10-23(11-16-44)46(36(48)27-2-1-3-28(39)34(27)40)24-12-17-45(33(20-24)35(41)47)32-9-14-43-30-19-22(38)5-7-26(30)32/h1-9,13-14,18-19,23-24,33H,10-12,15-17,20H2,(H2,41,47). The minimum atomic E-state index is -0.648. The molecule has 0 aliphatic carbocycles. The monoisotopic (exact) mass is 720 g/mol. The molecule has 2 atom stereocenters. The first kappa shape index (κ1) is 32.7. The Morgan fingerprint density at radius 2 is 1.35 bits per heavy atom. The third-order valence-electron chi connectivity index (χ3n) is 9.58. The van der Waals surface area contributed by atoms with E-state index in [0.717, 1.165) is 59.1 Å². The number of anilines is 2. The van der Waals surface area contributed by atoms with E-state index in [4.69, 9.17) is 52.1 Å². The Labute approximate surface area is 298 Å². The zero-order chi connectivity index (χ0) is 33.5. The lowest BCUT2D eigenvalue weighted by molar-refractivity contribution is -0.120. The fraction of sp³-hybridized carbons (Fsp3) is 0.278. The number of aromatic nitrogens is 2. The van der Waals surface area contributed by atoms with Gasteiger partial charge in [-0.25, -0.2) is 0 Å². The van der Waals surface area contributed by atoms with E-state index >= 15 is 0 Å². The van der Waals surface area contributed by atoms with Crippen LogP contribution in [0.3, 0.4) is 0 Å². The second-order valence-corrected chi connectivity index (χ2v) is 14.0. The number of carbonyl (C=O) groups is 2. The van der Waals surface area contributed by atoms with E-state index in [1.54, 1.807) is 36.7 Å². The van der Waals surface area contributed by atoms with Gasteiger partial charge < -0.3 is 20.4 Å². The van der Waals surface area contributed by atoms with Gasteiger partial charge in [0.1, 0.15) is 6.04 Å². The molecule has 2 unspecified atom stereocenters. The highest BCUT2D eigenvalue weighted by atomic mass is 35.5. The maximum absolute atomic E-state index is 14.5. The lowest BCUT2D eigenvalue weighted by Crippen LogP contribution is -2.59. The van der Waals surface area contributed by atoms with Crippen molar-refractivity contribution >= 4 is 91.4 Å². The largest absolute Gasteiger partial charge is 0.371 e. The topological polar surface area (TPSA) is 95.7 Å². The second-order valence-electron chi connectivity index (χ2n) is 12.3. The fourth-order valence-electron chi connectivity index (χ4n) is 7.32. The normalized spacial score (nSPS) is 18.8. The molecule has 5 aromatic rings. The highest BCUT2D eigenvalue weighted by Gasteiger charge is 2.41. The van der Waals surface area contributed by atoms with E-state index < -0.39 is 11.9 Å². The Hall–Kier alpha value is -3.82. The molecule has 0 radical (unpaired) electrons. The molecule has 2 N–H and O–H groups in total. The van der Waals surface area contributed by atoms with Gasteiger partial charge in [-0.1, -0.05) is 52.5 Å². The quantitative estimate of drug-likeness (QED) is 0.191. The molecule has 48 heavy (non-hydrogen) atoms. The first-order valence-electron chi connectivity index (χ1n) is 15.9. The van der Waals surface area contributed by atoms with Gasteiger partial charge in [0.05, 0.1) is 26.6 Å². The Morgan fingerprint density at radius 3 is 2.00 bits per heavy atom. The molecule has 2 amide bonds. The molecule has 0 bridgehead atoms. The molecule has 12 heteroatoms. The van der Waals surface area contributed by atoms with Crippen LogP contribution in [0.25, 0.3) is 21.8 Å². The molecule has 2 aromatic heterocycles. The van der Waals surface area contributed by atoms with Gasteiger partial charge >= 0.3 is 0 Å². The van der Waals surface area contributed by atoms with Crippen LogP contribution in [0.15, 0.2) is 79.1 Å². The Morgan fingerprint density at radius 1 is 0.750 bits per heavy atom. The van der Waals surface area contributed by atoms with Crippen LogP contribution in [0.1, 0.15) is 36.0 Å². The van der Waals surface area contributed by atoms with E-state index in [1.165, 1.54) is 0 Å². The molecule has 2 aliphatic rings. The van der Waals surface area contributed by atoms with Gasteiger partial charge in [-0.3, -0.25) is 19.6 Å². The molecule has 8 nitrogen and oxygen atoms in total. The van der Waals surface area contributed by atoms with Crippen LogP contribution < -0.4 is 15.5 Å². The SMILES string of the molecule is NC(=O)C1CC(N(C(=O)c2cccc(Cl)c2Cl)C2CCN(c3ccnc4cc(Cl)ccc34)CC2)CCN1c1ccnc2cc(Cl)ccc12. The predicted molar refractivity (Wildman–Crippen MR) is 195 cm³/mol. The van der Waals surface area contributed by atoms with Gasteiger partial charge in [0.2, 0.25) is 5.91 Å². The lowest BCUT2D eigenvalue weighted by atomic mass is 9.90. The average molecular weight is 723 g/mol. The molecule has 2 fully saturated rings. The van der Waals surface area contributed by atoms with Crippen LogP contribution in [0.2, 0.25) is 20.1 Å². The van der Waals surface area contributed by atoms with Crippen LogP contribution in [-0.2, 0) is 4.79 Å². The highest BCUT2D eigenvalue weighted by molar-refractivity contribution is 6.43. The number of nitrogens with two attached hydrogens (primary N) is 1. The molecule has 4 heterocycles. The fourth-order valence-corrected chi connectivity index (χ4v) is 8.03. The summed E-state index contributed by atoms with van der Waals surface area (Å²) in [6, 6.07) is 19.3. The van der Waals surface area contributed by atoms with Crippen molar-refractivity contribution in [2.24, 2.45) is 5.73 Å². The third kappa shape index (κ3) is 6.23. The van der Waals surface area contributed by atoms with E-state index in [-0.39, 0.29) is 23.0 Å². The number of rotatable bonds is 6. The van der Waals surface area contributed by atoms with Crippen LogP contribution >= 0.6 is 46.4 Å². The number of halogens is 4. The van der Waals surface area contributed by atoms with E-state index in [1.807, 2.05) is 52.3 Å². The molecule has 2 saturated heterocycles. The van der Waals surface area contributed by atoms with Gasteiger partial charge in [0.15, 0.2) is 0 Å². The number of amides is 2. The number of hydrogen-bond acceptors (Lipinski definition) is 6. The molecular formula is C36H32Cl4N6O2. The summed E-state index contributed by atoms with van der Waals surface area (Å²) in [7, 11) is 0. The summed E-state index contributed by atoms with van der Waals surface area (Å²) in [5.74, 6) is -0.651. The maximum Gasteiger partial charge on any atom is 0.255 e. The van der Waals surface area contributed by atoms with Crippen LogP contribution in [0.5, 0.6) is 0 Å². The van der Waals surface area contributed by atoms with Crippen molar-refractivity contribution in [2.75, 3.05) is 29.4 Å². The summed E-state index contributed by atoms with van der Waals surface area (Å²) in [5, 5.41) is 3.67. The van der Waals surface area contributed by atoms with Gasteiger partial charge in [-0.2, -0.15) is 0 Å². The zero-order valence-electron chi connectivity index (χ0n) is 25.8. The van der Waals surface area contributed by atoms with Crippen molar-refractivity contribution < 1.29 is 9.59 Å². The van der Waals surface area contributed by atoms with Crippen molar-refractivity contribution in [2.45, 2.75) is 43.8 Å². The van der Waals surface area contributed by atoms with Gasteiger partial charge in [-0.15, -0.1) is 0 Å². The number of benzene rings is 3. The summed E-state index contributed by atoms with van der Waals surface area (Å²) in [6.07, 6.45) is 5.95. The van der Waals surface area contributed by atoms with E-state index in [0.29, 0.717) is 40.0 Å². The number of pyridine rings is 2. The molecule has 0 saturated carbocycles. The summed E-state index contributed by atoms with van der Waals surface area (Å²) in [5.41, 5.74) is 9.94. The van der Waals surface area contributed by atoms with E-state index in [2.05, 4.69) is 14.9 Å². The van der Waals surface area contributed by atoms with Crippen molar-refractivity contribution in [3.8, 4) is 0 Å². The predicted octanol–water partition coefficient (Wildman–Crippen LogP) is 8.03. The Bertz CT molecular complexity index is 2040. The van der Waals surface area contributed by atoms with Crippen molar-refractivity contribution in [1.82, 2.24) is 14.9 Å². The van der Waals surface area contributed by atoms with Crippen molar-refractivity contribution in [1.29, 1.82) is 0 Å². The number of hydrogen-bond donors (Lipinski definition) is 1. The summed E-state index contributed by atoms with van der Waals surface area (Å²) in [4.78, 5) is 42.9. The van der Waals surface area contributed by atoms with Crippen LogP contribution in [0.4, 0.5) is 11.4 Å². The number of piperidine rings is 2. The second kappa shape index (κ2) is 13.6. The molecule has 7 rings (SSSR count). The third-order valence-corrected chi connectivity index (χ3v) is 10.9. The lowest BCUT2D eigenvalue weighted by Gasteiger charge is -2.48. The first-order chi connectivity index (χ1) is 23.2.